The Balaban J connectivity index is 1.63. The highest BCUT2D eigenvalue weighted by atomic mass is 16.5. The van der Waals surface area contributed by atoms with Gasteiger partial charge in [0.25, 0.3) is 0 Å². The van der Waals surface area contributed by atoms with E-state index >= 15 is 0 Å². The summed E-state index contributed by atoms with van der Waals surface area (Å²) in [7, 11) is 0. The molecule has 0 saturated heterocycles. The van der Waals surface area contributed by atoms with E-state index in [0.717, 1.165) is 37.2 Å². The quantitative estimate of drug-likeness (QED) is 0.553. The van der Waals surface area contributed by atoms with Gasteiger partial charge in [0.2, 0.25) is 0 Å². The third kappa shape index (κ3) is 5.34. The largest absolute Gasteiger partial charge is 0.491 e. The zero-order valence-electron chi connectivity index (χ0n) is 15.7. The summed E-state index contributed by atoms with van der Waals surface area (Å²) in [4.78, 5) is 0. The van der Waals surface area contributed by atoms with E-state index in [4.69, 9.17) is 15.2 Å². The number of benzene rings is 2. The number of hydrogen-bond acceptors (Lipinski definition) is 4. The first kappa shape index (κ1) is 19.5. The van der Waals surface area contributed by atoms with Gasteiger partial charge in [-0.15, -0.1) is 0 Å². The van der Waals surface area contributed by atoms with E-state index < -0.39 is 6.10 Å². The Bertz CT molecular complexity index is 732. The molecule has 1 aliphatic carbocycles. The van der Waals surface area contributed by atoms with Crippen molar-refractivity contribution in [3.05, 3.63) is 72.3 Å². The topological polar surface area (TPSA) is 64.7 Å². The van der Waals surface area contributed by atoms with E-state index in [-0.39, 0.29) is 18.6 Å². The number of hydrogen-bond donors (Lipinski definition) is 2. The molecule has 0 radical (unpaired) electrons. The predicted molar refractivity (Wildman–Crippen MR) is 108 cm³/mol. The maximum Gasteiger partial charge on any atom is 0.120 e. The summed E-state index contributed by atoms with van der Waals surface area (Å²) in [5, 5.41) is 10.6. The summed E-state index contributed by atoms with van der Waals surface area (Å²) >= 11 is 0. The Hall–Kier alpha value is -2.30. The fraction of sp³-hybridized carbons (Fsp3) is 0.391. The van der Waals surface area contributed by atoms with Gasteiger partial charge in [0.1, 0.15) is 30.8 Å². The molecule has 2 unspecified atom stereocenters. The zero-order chi connectivity index (χ0) is 19.1. The summed E-state index contributed by atoms with van der Waals surface area (Å²) < 4.78 is 11.4. The van der Waals surface area contributed by atoms with Crippen LogP contribution in [0.15, 0.2) is 61.2 Å². The smallest absolute Gasteiger partial charge is 0.120 e. The summed E-state index contributed by atoms with van der Waals surface area (Å²) in [6, 6.07) is 15.5. The highest BCUT2D eigenvalue weighted by molar-refractivity contribution is 5.37. The minimum Gasteiger partial charge on any atom is -0.491 e. The van der Waals surface area contributed by atoms with Crippen LogP contribution in [0.3, 0.4) is 0 Å². The minimum absolute atomic E-state index is 0.205. The average Bonchev–Trinajstić information content (AvgIpc) is 2.92. The number of rotatable bonds is 8. The number of para-hydroxylation sites is 1. The van der Waals surface area contributed by atoms with Crippen molar-refractivity contribution < 1.29 is 14.6 Å². The molecule has 0 amide bonds. The molecule has 2 aromatic rings. The molecule has 3 N–H and O–H groups in total. The molecule has 0 fully saturated rings. The number of ether oxygens (including phenoxy) is 2. The third-order valence-corrected chi connectivity index (χ3v) is 5.20. The van der Waals surface area contributed by atoms with Crippen molar-refractivity contribution in [2.45, 2.75) is 37.8 Å². The van der Waals surface area contributed by atoms with Crippen molar-refractivity contribution in [1.29, 1.82) is 0 Å². The Morgan fingerprint density at radius 3 is 2.70 bits per heavy atom. The van der Waals surface area contributed by atoms with Crippen LogP contribution in [0.5, 0.6) is 11.5 Å². The lowest BCUT2D eigenvalue weighted by molar-refractivity contribution is 0.0645. The fourth-order valence-corrected chi connectivity index (χ4v) is 3.67. The van der Waals surface area contributed by atoms with E-state index in [1.165, 1.54) is 11.1 Å². The van der Waals surface area contributed by atoms with Gasteiger partial charge in [-0.25, -0.2) is 0 Å². The lowest BCUT2D eigenvalue weighted by atomic mass is 9.87. The molecule has 144 valence electrons. The van der Waals surface area contributed by atoms with Crippen molar-refractivity contribution in [3.8, 4) is 11.5 Å². The van der Waals surface area contributed by atoms with Crippen molar-refractivity contribution in [2.75, 3.05) is 13.2 Å². The normalized spacial score (nSPS) is 18.7. The van der Waals surface area contributed by atoms with Crippen molar-refractivity contribution in [3.63, 3.8) is 0 Å². The molecule has 0 saturated carbocycles. The van der Waals surface area contributed by atoms with Crippen molar-refractivity contribution in [2.24, 2.45) is 11.7 Å². The van der Waals surface area contributed by atoms with Gasteiger partial charge in [-0.1, -0.05) is 36.9 Å². The van der Waals surface area contributed by atoms with Crippen LogP contribution in [0.25, 0.3) is 0 Å². The summed E-state index contributed by atoms with van der Waals surface area (Å²) in [5.74, 6) is 1.82. The molecule has 4 nitrogen and oxygen atoms in total. The van der Waals surface area contributed by atoms with Crippen LogP contribution in [0.2, 0.25) is 0 Å². The number of fused-ring (bicyclic) bond motifs is 1. The first-order chi connectivity index (χ1) is 13.2. The van der Waals surface area contributed by atoms with Gasteiger partial charge in [-0.3, -0.25) is 0 Å². The van der Waals surface area contributed by atoms with Gasteiger partial charge in [-0.2, -0.15) is 0 Å². The monoisotopic (exact) mass is 367 g/mol. The molecule has 0 heterocycles. The Labute approximate surface area is 161 Å². The van der Waals surface area contributed by atoms with Gasteiger partial charge in [0.15, 0.2) is 0 Å². The highest BCUT2D eigenvalue weighted by Gasteiger charge is 2.28. The van der Waals surface area contributed by atoms with Crippen molar-refractivity contribution >= 4 is 0 Å². The van der Waals surface area contributed by atoms with Crippen LogP contribution in [-0.4, -0.2) is 30.5 Å². The zero-order valence-corrected chi connectivity index (χ0v) is 15.7. The predicted octanol–water partition coefficient (Wildman–Crippen LogP) is 3.51. The Morgan fingerprint density at radius 1 is 1.11 bits per heavy atom. The second kappa shape index (κ2) is 9.58. The molecular weight excluding hydrogens is 338 g/mol. The number of aryl methyl sites for hydroxylation is 1. The average molecular weight is 367 g/mol. The fourth-order valence-electron chi connectivity index (χ4n) is 3.67. The molecule has 0 spiro atoms. The standard InChI is InChI=1S/C23H29NO3/c1-2-13-26-21-12-11-17-7-6-8-18(14-19(17)15-21)23(24)22(25)16-27-20-9-4-3-5-10-20/h2-5,9-12,15,18,22-23,25H,1,6-8,13-14,16,24H2/t18?,22-,23?/m1/s1. The van der Waals surface area contributed by atoms with E-state index in [1.54, 1.807) is 6.08 Å². The molecular formula is C23H29NO3. The lowest BCUT2D eigenvalue weighted by Gasteiger charge is -2.27. The molecule has 1 aliphatic rings. The summed E-state index contributed by atoms with van der Waals surface area (Å²) in [6.45, 7) is 4.39. The van der Waals surface area contributed by atoms with E-state index in [2.05, 4.69) is 18.7 Å². The minimum atomic E-state index is -0.697. The van der Waals surface area contributed by atoms with Crippen LogP contribution in [0.4, 0.5) is 0 Å². The first-order valence-electron chi connectivity index (χ1n) is 9.64. The maximum absolute atomic E-state index is 10.6. The number of aliphatic hydroxyl groups excluding tert-OH is 1. The second-order valence-corrected chi connectivity index (χ2v) is 7.16. The third-order valence-electron chi connectivity index (χ3n) is 5.20. The number of nitrogens with two attached hydrogens (primary N) is 1. The summed E-state index contributed by atoms with van der Waals surface area (Å²) in [5.41, 5.74) is 9.05. The van der Waals surface area contributed by atoms with E-state index in [0.29, 0.717) is 6.61 Å². The van der Waals surface area contributed by atoms with Gasteiger partial charge in [-0.05, 0) is 67.0 Å². The highest BCUT2D eigenvalue weighted by Crippen LogP contribution is 2.30. The summed E-state index contributed by atoms with van der Waals surface area (Å²) in [6.07, 6.45) is 5.01. The van der Waals surface area contributed by atoms with Crippen molar-refractivity contribution in [1.82, 2.24) is 0 Å². The maximum atomic E-state index is 10.6. The van der Waals surface area contributed by atoms with Crippen LogP contribution < -0.4 is 15.2 Å². The van der Waals surface area contributed by atoms with Crippen LogP contribution in [0.1, 0.15) is 24.0 Å². The SMILES string of the molecule is C=CCOc1ccc2c(c1)CC(C(N)[C@H](O)COc1ccccc1)CCC2. The molecule has 3 rings (SSSR count). The molecule has 2 aromatic carbocycles. The first-order valence-corrected chi connectivity index (χ1v) is 9.64. The van der Waals surface area contributed by atoms with Gasteiger partial charge in [0, 0.05) is 6.04 Å². The van der Waals surface area contributed by atoms with E-state index in [9.17, 15) is 5.11 Å². The molecule has 0 aromatic heterocycles. The molecule has 0 bridgehead atoms. The second-order valence-electron chi connectivity index (χ2n) is 7.16. The molecule has 27 heavy (non-hydrogen) atoms. The van der Waals surface area contributed by atoms with Crippen LogP contribution in [-0.2, 0) is 12.8 Å². The molecule has 0 aliphatic heterocycles. The number of aliphatic hydroxyl groups is 1. The van der Waals surface area contributed by atoms with Gasteiger partial charge in [0.05, 0.1) is 0 Å². The lowest BCUT2D eigenvalue weighted by Crippen LogP contribution is -2.45. The molecule has 3 atom stereocenters. The Kier molecular flexibility index (Phi) is 6.91. The molecule has 4 heteroatoms. The van der Waals surface area contributed by atoms with Gasteiger partial charge >= 0.3 is 0 Å². The van der Waals surface area contributed by atoms with E-state index in [1.807, 2.05) is 36.4 Å². The van der Waals surface area contributed by atoms with Crippen LogP contribution in [0, 0.1) is 5.92 Å². The Morgan fingerprint density at radius 2 is 1.93 bits per heavy atom. The van der Waals surface area contributed by atoms with Crippen LogP contribution >= 0.6 is 0 Å². The van der Waals surface area contributed by atoms with Gasteiger partial charge < -0.3 is 20.3 Å².